The molecule has 1 heteroatoms. The topological polar surface area (TPSA) is 0 Å². The first-order valence-electron chi connectivity index (χ1n) is 4.09. The van der Waals surface area contributed by atoms with E-state index < -0.39 is 0 Å². The lowest BCUT2D eigenvalue weighted by Gasteiger charge is -1.98. The summed E-state index contributed by atoms with van der Waals surface area (Å²) in [6.45, 7) is 0. The molecular weight excluding hydrogens is 156 g/mol. The van der Waals surface area contributed by atoms with Crippen molar-refractivity contribution in [2.75, 3.05) is 0 Å². The van der Waals surface area contributed by atoms with Crippen molar-refractivity contribution >= 4 is 11.6 Å². The van der Waals surface area contributed by atoms with Crippen LogP contribution in [0.25, 0.3) is 0 Å². The zero-order chi connectivity index (χ0) is 7.68. The van der Waals surface area contributed by atoms with E-state index in [1.807, 2.05) is 12.1 Å². The van der Waals surface area contributed by atoms with Gasteiger partial charge in [-0.3, -0.25) is 0 Å². The third-order valence-corrected chi connectivity index (χ3v) is 2.35. The maximum absolute atomic E-state index is 5.85. The van der Waals surface area contributed by atoms with Crippen LogP contribution in [-0.2, 0) is 6.42 Å². The lowest BCUT2D eigenvalue weighted by Crippen LogP contribution is -1.85. The minimum absolute atomic E-state index is 0.864. The predicted molar refractivity (Wildman–Crippen MR) is 47.9 cm³/mol. The molecule has 0 unspecified atom stereocenters. The van der Waals surface area contributed by atoms with Crippen molar-refractivity contribution in [3.63, 3.8) is 0 Å². The second kappa shape index (κ2) is 2.86. The fourth-order valence-corrected chi connectivity index (χ4v) is 1.53. The van der Waals surface area contributed by atoms with E-state index in [0.717, 1.165) is 10.9 Å². The van der Waals surface area contributed by atoms with Gasteiger partial charge in [-0.1, -0.05) is 23.7 Å². The highest BCUT2D eigenvalue weighted by Gasteiger charge is 2.21. The molecule has 0 aromatic heterocycles. The van der Waals surface area contributed by atoms with E-state index >= 15 is 0 Å². The molecule has 0 atom stereocenters. The molecule has 0 heterocycles. The van der Waals surface area contributed by atoms with E-state index in [2.05, 4.69) is 12.1 Å². The van der Waals surface area contributed by atoms with Crippen molar-refractivity contribution in [2.45, 2.75) is 19.3 Å². The molecule has 0 saturated heterocycles. The molecule has 0 nitrogen and oxygen atoms in total. The summed E-state index contributed by atoms with van der Waals surface area (Å²) in [5, 5.41) is 0.864. The van der Waals surface area contributed by atoms with Gasteiger partial charge in [0.05, 0.1) is 0 Å². The Labute approximate surface area is 72.2 Å². The van der Waals surface area contributed by atoms with Gasteiger partial charge in [-0.15, -0.1) is 0 Å². The molecule has 0 aliphatic heterocycles. The Balaban J connectivity index is 2.10. The Morgan fingerprint density at radius 2 is 2.18 bits per heavy atom. The smallest absolute Gasteiger partial charge is 0.0408 e. The Bertz CT molecular complexity index is 251. The van der Waals surface area contributed by atoms with Gasteiger partial charge in [-0.05, 0) is 42.9 Å². The van der Waals surface area contributed by atoms with Crippen molar-refractivity contribution in [1.29, 1.82) is 0 Å². The molecule has 11 heavy (non-hydrogen) atoms. The molecule has 1 fully saturated rings. The predicted octanol–water partition coefficient (Wildman–Crippen LogP) is 3.29. The first kappa shape index (κ1) is 7.17. The third kappa shape index (κ3) is 1.97. The second-order valence-corrected chi connectivity index (χ2v) is 3.71. The monoisotopic (exact) mass is 166 g/mol. The van der Waals surface area contributed by atoms with Crippen LogP contribution in [0.3, 0.4) is 0 Å². The van der Waals surface area contributed by atoms with Crippen LogP contribution >= 0.6 is 11.6 Å². The van der Waals surface area contributed by atoms with Crippen LogP contribution in [0.15, 0.2) is 24.3 Å². The molecule has 1 aliphatic carbocycles. The Kier molecular flexibility index (Phi) is 1.87. The zero-order valence-electron chi connectivity index (χ0n) is 6.39. The third-order valence-electron chi connectivity index (χ3n) is 2.11. The highest BCUT2D eigenvalue weighted by molar-refractivity contribution is 6.30. The first-order chi connectivity index (χ1) is 5.34. The van der Waals surface area contributed by atoms with Crippen LogP contribution in [0.4, 0.5) is 0 Å². The molecule has 0 amide bonds. The van der Waals surface area contributed by atoms with Crippen molar-refractivity contribution in [3.8, 4) is 0 Å². The van der Waals surface area contributed by atoms with E-state index in [0.29, 0.717) is 0 Å². The molecule has 1 saturated carbocycles. The fourth-order valence-electron chi connectivity index (χ4n) is 1.32. The van der Waals surface area contributed by atoms with Gasteiger partial charge >= 0.3 is 0 Å². The van der Waals surface area contributed by atoms with E-state index in [4.69, 9.17) is 11.6 Å². The maximum atomic E-state index is 5.85. The second-order valence-electron chi connectivity index (χ2n) is 3.28. The van der Waals surface area contributed by atoms with Crippen LogP contribution in [0.5, 0.6) is 0 Å². The SMILES string of the molecule is Clc1cccc(CC2CC2)c1. The minimum Gasteiger partial charge on any atom is -0.0843 e. The number of benzene rings is 1. The summed E-state index contributed by atoms with van der Waals surface area (Å²) < 4.78 is 0. The molecule has 0 spiro atoms. The quantitative estimate of drug-likeness (QED) is 0.633. The van der Waals surface area contributed by atoms with Gasteiger partial charge in [0.2, 0.25) is 0 Å². The van der Waals surface area contributed by atoms with E-state index in [9.17, 15) is 0 Å². The number of hydrogen-bond donors (Lipinski definition) is 0. The lowest BCUT2D eigenvalue weighted by atomic mass is 10.1. The number of hydrogen-bond acceptors (Lipinski definition) is 0. The van der Waals surface area contributed by atoms with Crippen LogP contribution in [0.2, 0.25) is 5.02 Å². The fraction of sp³-hybridized carbons (Fsp3) is 0.400. The molecule has 0 bridgehead atoms. The summed E-state index contributed by atoms with van der Waals surface area (Å²) in [5.41, 5.74) is 1.39. The van der Waals surface area contributed by atoms with Gasteiger partial charge in [0.15, 0.2) is 0 Å². The van der Waals surface area contributed by atoms with Crippen molar-refractivity contribution in [3.05, 3.63) is 34.9 Å². The van der Waals surface area contributed by atoms with Crippen LogP contribution in [-0.4, -0.2) is 0 Å². The van der Waals surface area contributed by atoms with Gasteiger partial charge in [-0.2, -0.15) is 0 Å². The van der Waals surface area contributed by atoms with Gasteiger partial charge in [-0.25, -0.2) is 0 Å². The molecule has 1 aromatic carbocycles. The highest BCUT2D eigenvalue weighted by atomic mass is 35.5. The number of halogens is 1. The minimum atomic E-state index is 0.864. The van der Waals surface area contributed by atoms with Crippen LogP contribution in [0, 0.1) is 5.92 Å². The summed E-state index contributed by atoms with van der Waals surface area (Å²) in [4.78, 5) is 0. The van der Waals surface area contributed by atoms with Crippen molar-refractivity contribution < 1.29 is 0 Å². The summed E-state index contributed by atoms with van der Waals surface area (Å²) in [7, 11) is 0. The molecule has 1 aliphatic rings. The average molecular weight is 167 g/mol. The van der Waals surface area contributed by atoms with Gasteiger partial charge in [0.25, 0.3) is 0 Å². The van der Waals surface area contributed by atoms with Gasteiger partial charge < -0.3 is 0 Å². The standard InChI is InChI=1S/C10H11Cl/c11-10-3-1-2-9(7-10)6-8-4-5-8/h1-3,7-8H,4-6H2. The average Bonchev–Trinajstić information content (AvgIpc) is 2.71. The molecule has 0 radical (unpaired) electrons. The number of rotatable bonds is 2. The molecular formula is C10H11Cl. The van der Waals surface area contributed by atoms with Crippen LogP contribution < -0.4 is 0 Å². The first-order valence-corrected chi connectivity index (χ1v) is 4.47. The largest absolute Gasteiger partial charge is 0.0843 e. The summed E-state index contributed by atoms with van der Waals surface area (Å²) >= 11 is 5.85. The normalized spacial score (nSPS) is 16.8. The van der Waals surface area contributed by atoms with E-state index in [1.54, 1.807) is 0 Å². The molecule has 0 N–H and O–H groups in total. The Morgan fingerprint density at radius 1 is 1.36 bits per heavy atom. The Hall–Kier alpha value is -0.490. The summed E-state index contributed by atoms with van der Waals surface area (Å²) in [5.74, 6) is 0.952. The summed E-state index contributed by atoms with van der Waals surface area (Å²) in [6.07, 6.45) is 4.04. The lowest BCUT2D eigenvalue weighted by molar-refractivity contribution is 0.832. The maximum Gasteiger partial charge on any atom is 0.0408 e. The van der Waals surface area contributed by atoms with Crippen molar-refractivity contribution in [1.82, 2.24) is 0 Å². The van der Waals surface area contributed by atoms with E-state index in [1.165, 1.54) is 24.8 Å². The Morgan fingerprint density at radius 3 is 2.82 bits per heavy atom. The van der Waals surface area contributed by atoms with Crippen LogP contribution in [0.1, 0.15) is 18.4 Å². The van der Waals surface area contributed by atoms with Gasteiger partial charge in [0, 0.05) is 5.02 Å². The molecule has 2 rings (SSSR count). The van der Waals surface area contributed by atoms with Crippen molar-refractivity contribution in [2.24, 2.45) is 5.92 Å². The van der Waals surface area contributed by atoms with Gasteiger partial charge in [0.1, 0.15) is 0 Å². The highest BCUT2D eigenvalue weighted by Crippen LogP contribution is 2.32. The molecule has 1 aromatic rings. The molecule has 58 valence electrons. The van der Waals surface area contributed by atoms with E-state index in [-0.39, 0.29) is 0 Å². The summed E-state index contributed by atoms with van der Waals surface area (Å²) in [6, 6.07) is 8.18. The zero-order valence-corrected chi connectivity index (χ0v) is 7.14.